The van der Waals surface area contributed by atoms with Crippen molar-refractivity contribution in [1.82, 2.24) is 0 Å². The highest BCUT2D eigenvalue weighted by atomic mass is 19.1. The van der Waals surface area contributed by atoms with Crippen molar-refractivity contribution in [3.8, 4) is 5.75 Å². The maximum Gasteiger partial charge on any atom is 0.230 e. The lowest BCUT2D eigenvalue weighted by molar-refractivity contribution is -0.124. The Bertz CT molecular complexity index is 972. The number of halogens is 1. The van der Waals surface area contributed by atoms with Crippen LogP contribution in [0.15, 0.2) is 78.9 Å². The van der Waals surface area contributed by atoms with E-state index in [0.717, 1.165) is 23.4 Å². The normalized spacial score (nSPS) is 10.4. The van der Waals surface area contributed by atoms with Crippen LogP contribution < -0.4 is 15.4 Å². The zero-order valence-electron chi connectivity index (χ0n) is 18.6. The molecule has 2 N–H and O–H groups in total. The van der Waals surface area contributed by atoms with Crippen molar-refractivity contribution in [2.75, 3.05) is 10.6 Å². The second kappa shape index (κ2) is 12.2. The number of ether oxygens (including phenoxy) is 1. The van der Waals surface area contributed by atoms with E-state index in [4.69, 9.17) is 4.74 Å². The van der Waals surface area contributed by atoms with Crippen LogP contribution in [0.25, 0.3) is 0 Å². The van der Waals surface area contributed by atoms with Gasteiger partial charge in [-0.05, 0) is 60.5 Å². The summed E-state index contributed by atoms with van der Waals surface area (Å²) >= 11 is 0. The van der Waals surface area contributed by atoms with Crippen molar-refractivity contribution in [3.63, 3.8) is 0 Å². The lowest BCUT2D eigenvalue weighted by Gasteiger charge is -2.21. The molecule has 168 valence electrons. The molecule has 0 aromatic heterocycles. The van der Waals surface area contributed by atoms with Crippen LogP contribution in [0, 0.1) is 11.2 Å². The molecule has 0 heterocycles. The van der Waals surface area contributed by atoms with Crippen LogP contribution in [0.4, 0.5) is 15.8 Å². The highest BCUT2D eigenvalue weighted by molar-refractivity contribution is 5.94. The van der Waals surface area contributed by atoms with Gasteiger partial charge in [-0.2, -0.15) is 0 Å². The zero-order chi connectivity index (χ0) is 23.4. The number of benzene rings is 3. The van der Waals surface area contributed by atoms with Gasteiger partial charge in [0, 0.05) is 16.8 Å². The third kappa shape index (κ3) is 8.22. The molecule has 3 aromatic carbocycles. The zero-order valence-corrected chi connectivity index (χ0v) is 18.6. The van der Waals surface area contributed by atoms with Gasteiger partial charge >= 0.3 is 0 Å². The van der Waals surface area contributed by atoms with Gasteiger partial charge in [-0.15, -0.1) is 0 Å². The fraction of sp³-hybridized carbons (Fsp3) is 0.231. The van der Waals surface area contributed by atoms with E-state index in [-0.39, 0.29) is 17.1 Å². The third-order valence-corrected chi connectivity index (χ3v) is 4.93. The topological polar surface area (TPSA) is 67.4 Å². The second-order valence-electron chi connectivity index (χ2n) is 7.76. The molecule has 2 amide bonds. The standard InChI is InChI=1S/C19H23NO2.C7H6FNO/c1-4-19(2,3)18(21)20-16-10-12-17(13-11-16)22-14-15-8-6-5-7-9-15;8-6-1-3-7(4-2-6)9-5-10/h5-13H,4,14H2,1-3H3,(H,20,21);1-5H,(H,9,10). The largest absolute Gasteiger partial charge is 0.489 e. The van der Waals surface area contributed by atoms with E-state index in [1.54, 1.807) is 0 Å². The van der Waals surface area contributed by atoms with Crippen LogP contribution in [0.3, 0.4) is 0 Å². The van der Waals surface area contributed by atoms with Gasteiger partial charge in [-0.1, -0.05) is 51.1 Å². The predicted octanol–water partition coefficient (Wildman–Crippen LogP) is 6.03. The minimum absolute atomic E-state index is 0.0351. The van der Waals surface area contributed by atoms with E-state index < -0.39 is 0 Å². The summed E-state index contributed by atoms with van der Waals surface area (Å²) in [7, 11) is 0. The molecule has 6 heteroatoms. The summed E-state index contributed by atoms with van der Waals surface area (Å²) < 4.78 is 17.9. The molecule has 5 nitrogen and oxygen atoms in total. The van der Waals surface area contributed by atoms with E-state index in [2.05, 4.69) is 10.6 Å². The van der Waals surface area contributed by atoms with Gasteiger partial charge in [0.1, 0.15) is 18.2 Å². The van der Waals surface area contributed by atoms with Gasteiger partial charge in [0.05, 0.1) is 0 Å². The summed E-state index contributed by atoms with van der Waals surface area (Å²) in [6.07, 6.45) is 1.35. The molecule has 3 rings (SSSR count). The Morgan fingerprint density at radius 3 is 2.09 bits per heavy atom. The first-order chi connectivity index (χ1) is 15.3. The number of carbonyl (C=O) groups excluding carboxylic acids is 2. The van der Waals surface area contributed by atoms with E-state index >= 15 is 0 Å². The highest BCUT2D eigenvalue weighted by Crippen LogP contribution is 2.23. The van der Waals surface area contributed by atoms with Crippen LogP contribution in [-0.4, -0.2) is 12.3 Å². The number of hydrogen-bond donors (Lipinski definition) is 2. The summed E-state index contributed by atoms with van der Waals surface area (Å²) in [5, 5.41) is 5.33. The Morgan fingerprint density at radius 2 is 1.53 bits per heavy atom. The maximum atomic E-state index is 12.2. The number of anilines is 2. The Kier molecular flexibility index (Phi) is 9.42. The molecule has 0 aliphatic carbocycles. The summed E-state index contributed by atoms with van der Waals surface area (Å²) in [5.41, 5.74) is 2.15. The number of carbonyl (C=O) groups is 2. The molecular formula is C26H29FN2O3. The van der Waals surface area contributed by atoms with Crippen molar-refractivity contribution >= 4 is 23.7 Å². The average molecular weight is 437 g/mol. The van der Waals surface area contributed by atoms with E-state index in [1.807, 2.05) is 75.4 Å². The third-order valence-electron chi connectivity index (χ3n) is 4.93. The summed E-state index contributed by atoms with van der Waals surface area (Å²) in [6, 6.07) is 23.1. The first-order valence-corrected chi connectivity index (χ1v) is 10.4. The highest BCUT2D eigenvalue weighted by Gasteiger charge is 2.25. The molecule has 0 saturated heterocycles. The fourth-order valence-corrected chi connectivity index (χ4v) is 2.45. The molecule has 3 aromatic rings. The Morgan fingerprint density at radius 1 is 0.938 bits per heavy atom. The second-order valence-corrected chi connectivity index (χ2v) is 7.76. The number of hydrogen-bond acceptors (Lipinski definition) is 3. The Hall–Kier alpha value is -3.67. The molecule has 32 heavy (non-hydrogen) atoms. The molecule has 0 bridgehead atoms. The molecule has 0 atom stereocenters. The predicted molar refractivity (Wildman–Crippen MR) is 126 cm³/mol. The first kappa shape index (κ1) is 24.6. The quantitative estimate of drug-likeness (QED) is 0.424. The molecule has 0 aliphatic rings. The van der Waals surface area contributed by atoms with Crippen LogP contribution in [0.5, 0.6) is 5.75 Å². The molecule has 0 spiro atoms. The number of amides is 2. The minimum atomic E-state index is -0.359. The monoisotopic (exact) mass is 436 g/mol. The van der Waals surface area contributed by atoms with Crippen LogP contribution >= 0.6 is 0 Å². The van der Waals surface area contributed by atoms with Gasteiger partial charge in [0.2, 0.25) is 12.3 Å². The molecule has 0 aliphatic heterocycles. The van der Waals surface area contributed by atoms with Crippen molar-refractivity contribution < 1.29 is 18.7 Å². The summed E-state index contributed by atoms with van der Waals surface area (Å²) in [4.78, 5) is 22.0. The van der Waals surface area contributed by atoms with Gasteiger partial charge < -0.3 is 15.4 Å². The SMILES string of the molecule is CCC(C)(C)C(=O)Nc1ccc(OCc2ccccc2)cc1.O=CNc1ccc(F)cc1. The smallest absolute Gasteiger partial charge is 0.230 e. The first-order valence-electron chi connectivity index (χ1n) is 10.4. The lowest BCUT2D eigenvalue weighted by Crippen LogP contribution is -2.29. The van der Waals surface area contributed by atoms with Crippen LogP contribution in [0.1, 0.15) is 32.8 Å². The summed E-state index contributed by atoms with van der Waals surface area (Å²) in [6.45, 7) is 6.44. The van der Waals surface area contributed by atoms with Crippen molar-refractivity contribution in [3.05, 3.63) is 90.2 Å². The van der Waals surface area contributed by atoms with Crippen LogP contribution in [0.2, 0.25) is 0 Å². The summed E-state index contributed by atoms with van der Waals surface area (Å²) in [5.74, 6) is 0.515. The molecule has 0 fully saturated rings. The van der Waals surface area contributed by atoms with Gasteiger partial charge in [-0.3, -0.25) is 9.59 Å². The van der Waals surface area contributed by atoms with Gasteiger partial charge in [0.25, 0.3) is 0 Å². The molecule has 0 saturated carbocycles. The van der Waals surface area contributed by atoms with E-state index in [1.165, 1.54) is 24.3 Å². The average Bonchev–Trinajstić information content (AvgIpc) is 2.81. The van der Waals surface area contributed by atoms with E-state index in [9.17, 15) is 14.0 Å². The molecular weight excluding hydrogens is 407 g/mol. The Balaban J connectivity index is 0.000000303. The van der Waals surface area contributed by atoms with E-state index in [0.29, 0.717) is 18.7 Å². The maximum absolute atomic E-state index is 12.2. The van der Waals surface area contributed by atoms with Crippen LogP contribution in [-0.2, 0) is 16.2 Å². The number of rotatable bonds is 8. The fourth-order valence-electron chi connectivity index (χ4n) is 2.45. The van der Waals surface area contributed by atoms with Crippen molar-refractivity contribution in [2.45, 2.75) is 33.8 Å². The van der Waals surface area contributed by atoms with Crippen molar-refractivity contribution in [1.29, 1.82) is 0 Å². The van der Waals surface area contributed by atoms with Crippen molar-refractivity contribution in [2.24, 2.45) is 5.41 Å². The molecule has 0 radical (unpaired) electrons. The van der Waals surface area contributed by atoms with Gasteiger partial charge in [0.15, 0.2) is 0 Å². The molecule has 0 unspecified atom stereocenters. The van der Waals surface area contributed by atoms with Gasteiger partial charge in [-0.25, -0.2) is 4.39 Å². The lowest BCUT2D eigenvalue weighted by atomic mass is 9.89. The number of nitrogens with one attached hydrogen (secondary N) is 2. The Labute approximate surface area is 188 Å². The minimum Gasteiger partial charge on any atom is -0.489 e.